The summed E-state index contributed by atoms with van der Waals surface area (Å²) in [5.74, 6) is 0. The molecule has 1 aliphatic carbocycles. The first kappa shape index (κ1) is 12.5. The van der Waals surface area contributed by atoms with E-state index in [2.05, 4.69) is 4.99 Å². The van der Waals surface area contributed by atoms with E-state index in [-0.39, 0.29) is 0 Å². The van der Waals surface area contributed by atoms with Crippen molar-refractivity contribution >= 4 is 15.6 Å². The molecule has 0 aromatic rings. The number of hydrogen-bond donors (Lipinski definition) is 0. The van der Waals surface area contributed by atoms with Crippen LogP contribution in [-0.2, 0) is 18.1 Å². The molecule has 0 unspecified atom stereocenters. The van der Waals surface area contributed by atoms with Crippen LogP contribution >= 0.6 is 0 Å². The topological polar surface area (TPSA) is 57.1 Å². The van der Waals surface area contributed by atoms with Gasteiger partial charge in [-0.15, -0.1) is 0 Å². The number of aliphatic imine (C=N–C) groups is 1. The summed E-state index contributed by atoms with van der Waals surface area (Å²) >= 11 is 0. The maximum Gasteiger partial charge on any atom is 0.483 e. The van der Waals surface area contributed by atoms with Gasteiger partial charge < -0.3 is 13.3 Å². The van der Waals surface area contributed by atoms with E-state index >= 15 is 0 Å². The molecule has 0 aromatic heterocycles. The molecule has 0 aliphatic heterocycles. The van der Waals surface area contributed by atoms with E-state index in [1.807, 2.05) is 0 Å². The fraction of sp³-hybridized carbons (Fsp3) is 0.857. The summed E-state index contributed by atoms with van der Waals surface area (Å²) in [7, 11) is 3.05. The molecule has 1 rings (SSSR count). The van der Waals surface area contributed by atoms with E-state index in [0.717, 1.165) is 12.8 Å². The monoisotopic (exact) mass is 205 g/mol. The first-order chi connectivity index (χ1) is 6.28. The zero-order chi connectivity index (χ0) is 10.1. The Morgan fingerprint density at radius 1 is 1.23 bits per heavy atom. The van der Waals surface area contributed by atoms with E-state index in [9.17, 15) is 4.79 Å². The number of hydrogen-bond acceptors (Lipinski definition) is 5. The van der Waals surface area contributed by atoms with Crippen molar-refractivity contribution in [1.29, 1.82) is 0 Å². The van der Waals surface area contributed by atoms with Gasteiger partial charge in [0.1, 0.15) is 0 Å². The third-order valence-corrected chi connectivity index (χ3v) is 2.51. The van der Waals surface area contributed by atoms with Gasteiger partial charge in [-0.3, -0.25) is 0 Å². The predicted octanol–water partition coefficient (Wildman–Crippen LogP) is 0.127. The molecule has 13 heavy (non-hydrogen) atoms. The second kappa shape index (κ2) is 8.09. The Bertz CT molecular complexity index is 158. The Hall–Kier alpha value is -0.523. The number of rotatable bonds is 4. The SMILES string of the molecule is CO[SiH](OC)OC.O=C=NC1CC1. The van der Waals surface area contributed by atoms with Crippen LogP contribution in [0.4, 0.5) is 0 Å². The molecule has 0 amide bonds. The Labute approximate surface area is 79.7 Å². The maximum absolute atomic E-state index is 9.36. The molecule has 76 valence electrons. The average molecular weight is 205 g/mol. The Morgan fingerprint density at radius 3 is 1.77 bits per heavy atom. The summed E-state index contributed by atoms with van der Waals surface area (Å²) in [6.07, 6.45) is 3.69. The van der Waals surface area contributed by atoms with Gasteiger partial charge in [-0.25, -0.2) is 9.79 Å². The van der Waals surface area contributed by atoms with Crippen LogP contribution in [0.2, 0.25) is 0 Å². The molecule has 0 saturated heterocycles. The fourth-order valence-corrected chi connectivity index (χ4v) is 1.14. The zero-order valence-electron chi connectivity index (χ0n) is 8.15. The molecule has 0 bridgehead atoms. The van der Waals surface area contributed by atoms with Crippen molar-refractivity contribution < 1.29 is 18.1 Å². The van der Waals surface area contributed by atoms with E-state index in [1.165, 1.54) is 6.08 Å². The van der Waals surface area contributed by atoms with Crippen molar-refractivity contribution in [2.24, 2.45) is 4.99 Å². The zero-order valence-corrected chi connectivity index (χ0v) is 9.30. The van der Waals surface area contributed by atoms with Crippen molar-refractivity contribution in [2.45, 2.75) is 18.9 Å². The van der Waals surface area contributed by atoms with Crippen LogP contribution in [0.3, 0.4) is 0 Å². The largest absolute Gasteiger partial charge is 0.483 e. The lowest BCUT2D eigenvalue weighted by molar-refractivity contribution is 0.163. The normalized spacial score (nSPS) is 14.5. The first-order valence-electron chi connectivity index (χ1n) is 3.93. The summed E-state index contributed by atoms with van der Waals surface area (Å²) in [5.41, 5.74) is 0. The second-order valence-corrected chi connectivity index (χ2v) is 4.44. The quantitative estimate of drug-likeness (QED) is 0.372. The summed E-state index contributed by atoms with van der Waals surface area (Å²) in [5, 5.41) is 0. The number of nitrogens with zero attached hydrogens (tertiary/aromatic N) is 1. The minimum atomic E-state index is -1.67. The molecule has 0 aromatic carbocycles. The van der Waals surface area contributed by atoms with Gasteiger partial charge in [0.05, 0.1) is 6.04 Å². The van der Waals surface area contributed by atoms with E-state index in [1.54, 1.807) is 21.3 Å². The molecular formula is C7H15NO4Si. The molecule has 0 spiro atoms. The van der Waals surface area contributed by atoms with Gasteiger partial charge in [-0.1, -0.05) is 0 Å². The predicted molar refractivity (Wildman–Crippen MR) is 49.3 cm³/mol. The lowest BCUT2D eigenvalue weighted by Gasteiger charge is -2.05. The molecule has 6 heteroatoms. The van der Waals surface area contributed by atoms with Crippen molar-refractivity contribution in [2.75, 3.05) is 21.3 Å². The lowest BCUT2D eigenvalue weighted by Crippen LogP contribution is -2.21. The molecule has 5 nitrogen and oxygen atoms in total. The Balaban J connectivity index is 0.000000223. The number of carbonyl (C=O) groups excluding carboxylic acids is 1. The van der Waals surface area contributed by atoms with Crippen molar-refractivity contribution in [3.05, 3.63) is 0 Å². The maximum atomic E-state index is 9.36. The Kier molecular flexibility index (Phi) is 7.77. The van der Waals surface area contributed by atoms with Crippen LogP contribution < -0.4 is 0 Å². The van der Waals surface area contributed by atoms with Crippen LogP contribution in [0.15, 0.2) is 4.99 Å². The molecule has 0 heterocycles. The van der Waals surface area contributed by atoms with Crippen molar-refractivity contribution in [1.82, 2.24) is 0 Å². The third-order valence-electron chi connectivity index (χ3n) is 1.36. The highest BCUT2D eigenvalue weighted by Gasteiger charge is 2.19. The minimum absolute atomic E-state index is 0.350. The first-order valence-corrected chi connectivity index (χ1v) is 5.35. The summed E-state index contributed by atoms with van der Waals surface area (Å²) in [4.78, 5) is 12.8. The van der Waals surface area contributed by atoms with Gasteiger partial charge in [0.15, 0.2) is 0 Å². The smallest absolute Gasteiger partial charge is 0.379 e. The molecule has 0 N–H and O–H groups in total. The standard InChI is InChI=1S/C4H5NO.C3H10O3Si/c6-3-5-4-1-2-4;1-4-7(5-2)6-3/h4H,1-2H2;7H,1-3H3. The van der Waals surface area contributed by atoms with Crippen molar-refractivity contribution in [3.8, 4) is 0 Å². The van der Waals surface area contributed by atoms with E-state index in [0.29, 0.717) is 6.04 Å². The van der Waals surface area contributed by atoms with Gasteiger partial charge in [0, 0.05) is 21.3 Å². The van der Waals surface area contributed by atoms with E-state index in [4.69, 9.17) is 13.3 Å². The van der Waals surface area contributed by atoms with E-state index < -0.39 is 9.53 Å². The van der Waals surface area contributed by atoms with Crippen LogP contribution in [0.25, 0.3) is 0 Å². The average Bonchev–Trinajstić information content (AvgIpc) is 2.93. The van der Waals surface area contributed by atoms with Gasteiger partial charge >= 0.3 is 9.53 Å². The second-order valence-electron chi connectivity index (χ2n) is 2.45. The van der Waals surface area contributed by atoms with Gasteiger partial charge in [-0.05, 0) is 12.8 Å². The fourth-order valence-electron chi connectivity index (χ4n) is 0.567. The van der Waals surface area contributed by atoms with Gasteiger partial charge in [-0.2, -0.15) is 0 Å². The molecule has 1 fully saturated rings. The van der Waals surface area contributed by atoms with Gasteiger partial charge in [0.2, 0.25) is 6.08 Å². The summed E-state index contributed by atoms with van der Waals surface area (Å²) < 4.78 is 14.2. The van der Waals surface area contributed by atoms with Crippen LogP contribution in [-0.4, -0.2) is 43.0 Å². The minimum Gasteiger partial charge on any atom is -0.379 e. The van der Waals surface area contributed by atoms with Crippen molar-refractivity contribution in [3.63, 3.8) is 0 Å². The summed E-state index contributed by atoms with van der Waals surface area (Å²) in [6.45, 7) is 0. The van der Waals surface area contributed by atoms with Crippen LogP contribution in [0, 0.1) is 0 Å². The van der Waals surface area contributed by atoms with Gasteiger partial charge in [0.25, 0.3) is 0 Å². The molecule has 1 saturated carbocycles. The molecule has 0 radical (unpaired) electrons. The highest BCUT2D eigenvalue weighted by atomic mass is 28.3. The lowest BCUT2D eigenvalue weighted by atomic mass is 10.8. The molecular weight excluding hydrogens is 190 g/mol. The summed E-state index contributed by atoms with van der Waals surface area (Å²) in [6, 6.07) is 0.350. The van der Waals surface area contributed by atoms with Crippen LogP contribution in [0.5, 0.6) is 0 Å². The third kappa shape index (κ3) is 7.83. The number of isocyanates is 1. The Morgan fingerprint density at radius 2 is 1.69 bits per heavy atom. The molecule has 1 aliphatic rings. The highest BCUT2D eigenvalue weighted by molar-refractivity contribution is 6.36. The van der Waals surface area contributed by atoms with Crippen LogP contribution in [0.1, 0.15) is 12.8 Å². The highest BCUT2D eigenvalue weighted by Crippen LogP contribution is 2.22. The molecule has 0 atom stereocenters.